The zero-order chi connectivity index (χ0) is 21.2. The zero-order valence-corrected chi connectivity index (χ0v) is 17.5. The number of aryl methyl sites for hydroxylation is 1. The first-order valence-corrected chi connectivity index (χ1v) is 10.5. The molecule has 0 radical (unpaired) electrons. The fourth-order valence-corrected chi connectivity index (χ4v) is 4.19. The zero-order valence-electron chi connectivity index (χ0n) is 16.0. The van der Waals surface area contributed by atoms with Crippen LogP contribution < -0.4 is 5.32 Å². The summed E-state index contributed by atoms with van der Waals surface area (Å²) in [6.07, 6.45) is -2.52. The van der Waals surface area contributed by atoms with Crippen LogP contribution in [0.1, 0.15) is 29.8 Å². The molecule has 10 heteroatoms. The third kappa shape index (κ3) is 5.46. The minimum Gasteiger partial charge on any atom is -0.376 e. The molecule has 1 N–H and O–H groups in total. The van der Waals surface area contributed by atoms with E-state index in [1.807, 2.05) is 18.4 Å². The average Bonchev–Trinajstić information content (AvgIpc) is 3.25. The summed E-state index contributed by atoms with van der Waals surface area (Å²) >= 11 is 6.85. The van der Waals surface area contributed by atoms with Crippen molar-refractivity contribution in [1.29, 1.82) is 0 Å². The fourth-order valence-electron chi connectivity index (χ4n) is 3.12. The number of halogens is 4. The van der Waals surface area contributed by atoms with E-state index in [0.29, 0.717) is 11.7 Å². The van der Waals surface area contributed by atoms with Crippen molar-refractivity contribution in [2.45, 2.75) is 50.7 Å². The van der Waals surface area contributed by atoms with E-state index in [-0.39, 0.29) is 22.6 Å². The number of alkyl halides is 3. The Morgan fingerprint density at radius 1 is 1.41 bits per heavy atom. The molecule has 5 nitrogen and oxygen atoms in total. The minimum atomic E-state index is -4.62. The summed E-state index contributed by atoms with van der Waals surface area (Å²) in [4.78, 5) is 16.8. The highest BCUT2D eigenvalue weighted by molar-refractivity contribution is 7.99. The summed E-state index contributed by atoms with van der Waals surface area (Å²) in [6.45, 7) is 5.22. The van der Waals surface area contributed by atoms with Gasteiger partial charge in [0, 0.05) is 17.3 Å². The number of imidazole rings is 1. The van der Waals surface area contributed by atoms with Crippen LogP contribution in [0.4, 0.5) is 18.9 Å². The molecule has 1 amide bonds. The first-order chi connectivity index (χ1) is 13.6. The Balaban J connectivity index is 1.68. The highest BCUT2D eigenvalue weighted by Gasteiger charge is 2.34. The monoisotopic (exact) mass is 447 g/mol. The third-order valence-electron chi connectivity index (χ3n) is 4.73. The number of anilines is 1. The molecule has 0 spiro atoms. The van der Waals surface area contributed by atoms with Gasteiger partial charge in [0.05, 0.1) is 35.3 Å². The van der Waals surface area contributed by atoms with Crippen LogP contribution in [0.3, 0.4) is 0 Å². The van der Waals surface area contributed by atoms with E-state index in [2.05, 4.69) is 10.3 Å². The van der Waals surface area contributed by atoms with Crippen molar-refractivity contribution in [3.63, 3.8) is 0 Å². The van der Waals surface area contributed by atoms with Crippen LogP contribution in [0.25, 0.3) is 0 Å². The standard InChI is InChI=1S/C19H21ClF3N3O2S/c1-11-12(2)26(9-14-4-3-7-28-14)18(24-11)29-10-17(27)25-16-6-5-13(20)8-15(16)19(21,22)23/h5-6,8,14H,3-4,7,9-10H2,1-2H3,(H,25,27). The molecular formula is C19H21ClF3N3O2S. The Hall–Kier alpha value is -1.71. The molecule has 1 saturated heterocycles. The number of amides is 1. The van der Waals surface area contributed by atoms with E-state index in [1.54, 1.807) is 0 Å². The number of ether oxygens (including phenoxy) is 1. The Kier molecular flexibility index (Phi) is 6.80. The first-order valence-electron chi connectivity index (χ1n) is 9.10. The fraction of sp³-hybridized carbons (Fsp3) is 0.474. The summed E-state index contributed by atoms with van der Waals surface area (Å²) in [5.74, 6) is -0.619. The van der Waals surface area contributed by atoms with E-state index in [4.69, 9.17) is 16.3 Å². The number of thioether (sulfide) groups is 1. The van der Waals surface area contributed by atoms with Gasteiger partial charge in [-0.25, -0.2) is 4.98 Å². The number of carbonyl (C=O) groups excluding carboxylic acids is 1. The van der Waals surface area contributed by atoms with Crippen molar-refractivity contribution in [1.82, 2.24) is 9.55 Å². The second-order valence-corrected chi connectivity index (χ2v) is 8.21. The van der Waals surface area contributed by atoms with Gasteiger partial charge in [-0.3, -0.25) is 4.79 Å². The molecule has 1 fully saturated rings. The van der Waals surface area contributed by atoms with Crippen molar-refractivity contribution in [3.05, 3.63) is 40.2 Å². The lowest BCUT2D eigenvalue weighted by Gasteiger charge is -2.15. The molecule has 0 bridgehead atoms. The molecule has 1 aromatic carbocycles. The number of nitrogens with one attached hydrogen (secondary N) is 1. The molecule has 1 aromatic heterocycles. The maximum absolute atomic E-state index is 13.2. The molecule has 2 heterocycles. The van der Waals surface area contributed by atoms with E-state index < -0.39 is 17.6 Å². The third-order valence-corrected chi connectivity index (χ3v) is 5.94. The summed E-state index contributed by atoms with van der Waals surface area (Å²) in [6, 6.07) is 3.26. The molecule has 2 aromatic rings. The van der Waals surface area contributed by atoms with Gasteiger partial charge < -0.3 is 14.6 Å². The molecule has 3 rings (SSSR count). The molecule has 29 heavy (non-hydrogen) atoms. The molecule has 1 aliphatic heterocycles. The number of benzene rings is 1. The predicted molar refractivity (Wildman–Crippen MR) is 106 cm³/mol. The lowest BCUT2D eigenvalue weighted by Crippen LogP contribution is -2.19. The van der Waals surface area contributed by atoms with Gasteiger partial charge in [-0.1, -0.05) is 23.4 Å². The highest BCUT2D eigenvalue weighted by atomic mass is 35.5. The highest BCUT2D eigenvalue weighted by Crippen LogP contribution is 2.36. The quantitative estimate of drug-likeness (QED) is 0.627. The van der Waals surface area contributed by atoms with Gasteiger partial charge in [-0.05, 0) is 44.9 Å². The summed E-state index contributed by atoms with van der Waals surface area (Å²) < 4.78 is 47.2. The molecule has 1 unspecified atom stereocenters. The molecule has 1 atom stereocenters. The Morgan fingerprint density at radius 3 is 2.83 bits per heavy atom. The van der Waals surface area contributed by atoms with Gasteiger partial charge >= 0.3 is 6.18 Å². The second-order valence-electron chi connectivity index (χ2n) is 6.84. The van der Waals surface area contributed by atoms with E-state index in [0.717, 1.165) is 43.0 Å². The minimum absolute atomic E-state index is 0.0493. The smallest absolute Gasteiger partial charge is 0.376 e. The Labute approximate surface area is 176 Å². The van der Waals surface area contributed by atoms with Gasteiger partial charge in [-0.15, -0.1) is 0 Å². The first kappa shape index (κ1) is 22.0. The number of hydrogen-bond acceptors (Lipinski definition) is 4. The normalized spacial score (nSPS) is 17.0. The number of carbonyl (C=O) groups is 1. The van der Waals surface area contributed by atoms with Crippen molar-refractivity contribution < 1.29 is 22.7 Å². The number of rotatable bonds is 6. The van der Waals surface area contributed by atoms with Crippen LogP contribution in [0.15, 0.2) is 23.4 Å². The van der Waals surface area contributed by atoms with Crippen LogP contribution >= 0.6 is 23.4 Å². The van der Waals surface area contributed by atoms with Gasteiger partial charge in [0.15, 0.2) is 5.16 Å². The number of hydrogen-bond donors (Lipinski definition) is 1. The number of aromatic nitrogens is 2. The molecular weight excluding hydrogens is 427 g/mol. The van der Waals surface area contributed by atoms with Crippen LogP contribution in [0.2, 0.25) is 5.02 Å². The van der Waals surface area contributed by atoms with E-state index >= 15 is 0 Å². The topological polar surface area (TPSA) is 56.2 Å². The van der Waals surface area contributed by atoms with E-state index in [9.17, 15) is 18.0 Å². The summed E-state index contributed by atoms with van der Waals surface area (Å²) in [5, 5.41) is 2.93. The number of nitrogens with zero attached hydrogens (tertiary/aromatic N) is 2. The van der Waals surface area contributed by atoms with Gasteiger partial charge in [0.1, 0.15) is 0 Å². The summed E-state index contributed by atoms with van der Waals surface area (Å²) in [5.41, 5.74) is 0.543. The molecule has 0 aliphatic carbocycles. The largest absolute Gasteiger partial charge is 0.418 e. The lowest BCUT2D eigenvalue weighted by molar-refractivity contribution is -0.137. The van der Waals surface area contributed by atoms with Gasteiger partial charge in [-0.2, -0.15) is 13.2 Å². The Morgan fingerprint density at radius 2 is 2.17 bits per heavy atom. The van der Waals surface area contributed by atoms with E-state index in [1.165, 1.54) is 17.8 Å². The SMILES string of the molecule is Cc1nc(SCC(=O)Nc2ccc(Cl)cc2C(F)(F)F)n(CC2CCCO2)c1C. The van der Waals surface area contributed by atoms with Crippen molar-refractivity contribution in [3.8, 4) is 0 Å². The predicted octanol–water partition coefficient (Wildman–Crippen LogP) is 5.08. The van der Waals surface area contributed by atoms with Crippen molar-refractivity contribution in [2.24, 2.45) is 0 Å². The molecule has 1 aliphatic rings. The van der Waals surface area contributed by atoms with Crippen LogP contribution in [0, 0.1) is 13.8 Å². The average molecular weight is 448 g/mol. The van der Waals surface area contributed by atoms with Gasteiger partial charge in [0.2, 0.25) is 5.91 Å². The Bertz CT molecular complexity index is 896. The van der Waals surface area contributed by atoms with Crippen molar-refractivity contribution >= 4 is 35.0 Å². The maximum atomic E-state index is 13.2. The summed E-state index contributed by atoms with van der Waals surface area (Å²) in [7, 11) is 0. The molecule has 158 valence electrons. The van der Waals surface area contributed by atoms with Gasteiger partial charge in [0.25, 0.3) is 0 Å². The second kappa shape index (κ2) is 8.97. The lowest BCUT2D eigenvalue weighted by atomic mass is 10.1. The molecule has 0 saturated carbocycles. The maximum Gasteiger partial charge on any atom is 0.418 e. The van der Waals surface area contributed by atoms with Crippen LogP contribution in [-0.4, -0.2) is 33.9 Å². The van der Waals surface area contributed by atoms with Crippen LogP contribution in [0.5, 0.6) is 0 Å². The van der Waals surface area contributed by atoms with Crippen molar-refractivity contribution in [2.75, 3.05) is 17.7 Å². The van der Waals surface area contributed by atoms with Crippen LogP contribution in [-0.2, 0) is 22.3 Å².